The molecule has 0 unspecified atom stereocenters. The number of hydrogen-bond acceptors (Lipinski definition) is 2. The van der Waals surface area contributed by atoms with E-state index in [9.17, 15) is 9.18 Å². The highest BCUT2D eigenvalue weighted by Crippen LogP contribution is 2.18. The number of para-hydroxylation sites is 1. The van der Waals surface area contributed by atoms with Gasteiger partial charge in [-0.05, 0) is 35.7 Å². The molecule has 0 saturated carbocycles. The standard InChI is InChI=1S/C21H26FN3O/c1-16(2)17-7-9-18(10-8-17)23-21(26)15-24-11-13-25(14-12-24)20-6-4-3-5-19(20)22/h3-10,16H,11-15H2,1-2H3,(H,23,26)/p+1. The van der Waals surface area contributed by atoms with Crippen molar-refractivity contribution in [2.45, 2.75) is 19.8 Å². The van der Waals surface area contributed by atoms with Crippen molar-refractivity contribution >= 4 is 17.3 Å². The molecule has 0 aliphatic carbocycles. The zero-order valence-electron chi connectivity index (χ0n) is 15.5. The molecule has 138 valence electrons. The largest absolute Gasteiger partial charge is 0.358 e. The first-order valence-electron chi connectivity index (χ1n) is 9.26. The van der Waals surface area contributed by atoms with Gasteiger partial charge in [0.05, 0.1) is 31.9 Å². The molecule has 3 rings (SSSR count). The van der Waals surface area contributed by atoms with Crippen LogP contribution in [0.15, 0.2) is 48.5 Å². The molecule has 1 fully saturated rings. The minimum atomic E-state index is -0.182. The van der Waals surface area contributed by atoms with Crippen LogP contribution in [-0.4, -0.2) is 38.6 Å². The van der Waals surface area contributed by atoms with Gasteiger partial charge in [0, 0.05) is 5.69 Å². The molecule has 0 atom stereocenters. The Balaban J connectivity index is 1.48. The normalized spacial score (nSPS) is 15.3. The van der Waals surface area contributed by atoms with E-state index < -0.39 is 0 Å². The molecule has 0 spiro atoms. The second-order valence-corrected chi connectivity index (χ2v) is 7.19. The van der Waals surface area contributed by atoms with Crippen LogP contribution in [0.25, 0.3) is 0 Å². The third-order valence-corrected chi connectivity index (χ3v) is 4.94. The number of halogens is 1. The lowest BCUT2D eigenvalue weighted by Gasteiger charge is -2.33. The highest BCUT2D eigenvalue weighted by molar-refractivity contribution is 5.91. The quantitative estimate of drug-likeness (QED) is 0.863. The van der Waals surface area contributed by atoms with Gasteiger partial charge in [0.1, 0.15) is 5.82 Å². The summed E-state index contributed by atoms with van der Waals surface area (Å²) < 4.78 is 13.9. The molecule has 1 aliphatic heterocycles. The zero-order chi connectivity index (χ0) is 18.5. The van der Waals surface area contributed by atoms with Crippen LogP contribution >= 0.6 is 0 Å². The van der Waals surface area contributed by atoms with E-state index in [4.69, 9.17) is 0 Å². The van der Waals surface area contributed by atoms with Crippen LogP contribution < -0.4 is 15.1 Å². The maximum Gasteiger partial charge on any atom is 0.279 e. The van der Waals surface area contributed by atoms with E-state index in [-0.39, 0.29) is 11.7 Å². The second-order valence-electron chi connectivity index (χ2n) is 7.19. The molecule has 5 heteroatoms. The summed E-state index contributed by atoms with van der Waals surface area (Å²) in [5.74, 6) is 0.324. The molecular weight excluding hydrogens is 329 g/mol. The van der Waals surface area contributed by atoms with Crippen molar-refractivity contribution in [1.82, 2.24) is 0 Å². The SMILES string of the molecule is CC(C)c1ccc(NC(=O)C[NH+]2CCN(c3ccccc3F)CC2)cc1. The Morgan fingerprint density at radius 2 is 1.77 bits per heavy atom. The lowest BCUT2D eigenvalue weighted by atomic mass is 10.0. The molecule has 2 N–H and O–H groups in total. The molecule has 4 nitrogen and oxygen atoms in total. The maximum absolute atomic E-state index is 13.9. The van der Waals surface area contributed by atoms with Gasteiger partial charge in [0.2, 0.25) is 0 Å². The third kappa shape index (κ3) is 4.61. The fourth-order valence-corrected chi connectivity index (χ4v) is 3.33. The van der Waals surface area contributed by atoms with Gasteiger partial charge >= 0.3 is 0 Å². The first-order chi connectivity index (χ1) is 12.5. The number of hydrogen-bond donors (Lipinski definition) is 2. The molecule has 1 aliphatic rings. The van der Waals surface area contributed by atoms with E-state index in [2.05, 4.69) is 36.2 Å². The summed E-state index contributed by atoms with van der Waals surface area (Å²) in [6, 6.07) is 14.9. The molecule has 0 aromatic heterocycles. The van der Waals surface area contributed by atoms with Crippen LogP contribution in [0.5, 0.6) is 0 Å². The second kappa shape index (κ2) is 8.32. The molecule has 0 radical (unpaired) electrons. The molecular formula is C21H27FN3O+. The van der Waals surface area contributed by atoms with Crippen molar-refractivity contribution in [3.8, 4) is 0 Å². The summed E-state index contributed by atoms with van der Waals surface area (Å²) in [6.45, 7) is 7.91. The average Bonchev–Trinajstić information content (AvgIpc) is 2.63. The third-order valence-electron chi connectivity index (χ3n) is 4.94. The first kappa shape index (κ1) is 18.4. The Morgan fingerprint density at radius 3 is 2.38 bits per heavy atom. The number of quaternary nitrogens is 1. The van der Waals surface area contributed by atoms with E-state index in [0.29, 0.717) is 18.2 Å². The number of anilines is 2. The monoisotopic (exact) mass is 356 g/mol. The molecule has 2 aromatic rings. The minimum Gasteiger partial charge on any atom is -0.358 e. The fraction of sp³-hybridized carbons (Fsp3) is 0.381. The van der Waals surface area contributed by atoms with Crippen LogP contribution in [0.4, 0.5) is 15.8 Å². The van der Waals surface area contributed by atoms with Gasteiger partial charge < -0.3 is 15.1 Å². The maximum atomic E-state index is 13.9. The number of benzene rings is 2. The smallest absolute Gasteiger partial charge is 0.279 e. The fourth-order valence-electron chi connectivity index (χ4n) is 3.33. The number of rotatable bonds is 5. The lowest BCUT2D eigenvalue weighted by molar-refractivity contribution is -0.892. The van der Waals surface area contributed by atoms with E-state index in [1.807, 2.05) is 24.3 Å². The summed E-state index contributed by atoms with van der Waals surface area (Å²) in [7, 11) is 0. The van der Waals surface area contributed by atoms with Gasteiger partial charge in [-0.3, -0.25) is 4.79 Å². The number of nitrogens with one attached hydrogen (secondary N) is 2. The molecule has 1 amide bonds. The van der Waals surface area contributed by atoms with Crippen LogP contribution in [0.1, 0.15) is 25.3 Å². The Kier molecular flexibility index (Phi) is 5.89. The van der Waals surface area contributed by atoms with Crippen molar-refractivity contribution in [3.63, 3.8) is 0 Å². The number of carbonyl (C=O) groups excluding carboxylic acids is 1. The van der Waals surface area contributed by atoms with Gasteiger partial charge in [-0.25, -0.2) is 4.39 Å². The Hall–Kier alpha value is -2.40. The number of piperazine rings is 1. The van der Waals surface area contributed by atoms with Crippen molar-refractivity contribution in [2.24, 2.45) is 0 Å². The summed E-state index contributed by atoms with van der Waals surface area (Å²) in [4.78, 5) is 15.6. The van der Waals surface area contributed by atoms with Gasteiger partial charge in [-0.1, -0.05) is 38.1 Å². The Bertz CT molecular complexity index is 737. The average molecular weight is 356 g/mol. The molecule has 26 heavy (non-hydrogen) atoms. The van der Waals surface area contributed by atoms with Crippen LogP contribution in [0.3, 0.4) is 0 Å². The summed E-state index contributed by atoms with van der Waals surface area (Å²) in [6.07, 6.45) is 0. The first-order valence-corrected chi connectivity index (χ1v) is 9.26. The predicted molar refractivity (Wildman–Crippen MR) is 103 cm³/mol. The van der Waals surface area contributed by atoms with Gasteiger partial charge in [0.25, 0.3) is 5.91 Å². The Labute approximate surface area is 154 Å². The number of nitrogens with zero attached hydrogens (tertiary/aromatic N) is 1. The summed E-state index contributed by atoms with van der Waals surface area (Å²) in [5.41, 5.74) is 2.75. The van der Waals surface area contributed by atoms with Crippen molar-refractivity contribution in [2.75, 3.05) is 42.9 Å². The van der Waals surface area contributed by atoms with Crippen LogP contribution in [0, 0.1) is 5.82 Å². The van der Waals surface area contributed by atoms with E-state index in [0.717, 1.165) is 31.9 Å². The van der Waals surface area contributed by atoms with Crippen molar-refractivity contribution in [1.29, 1.82) is 0 Å². The molecule has 0 bridgehead atoms. The Morgan fingerprint density at radius 1 is 1.12 bits per heavy atom. The summed E-state index contributed by atoms with van der Waals surface area (Å²) >= 11 is 0. The van der Waals surface area contributed by atoms with E-state index >= 15 is 0 Å². The van der Waals surface area contributed by atoms with E-state index in [1.54, 1.807) is 6.07 Å². The zero-order valence-corrected chi connectivity index (χ0v) is 15.5. The number of carbonyl (C=O) groups is 1. The number of amides is 1. The van der Waals surface area contributed by atoms with Crippen molar-refractivity contribution < 1.29 is 14.1 Å². The summed E-state index contributed by atoms with van der Waals surface area (Å²) in [5, 5.41) is 2.97. The van der Waals surface area contributed by atoms with Gasteiger partial charge in [-0.2, -0.15) is 0 Å². The minimum absolute atomic E-state index is 0.0247. The highest BCUT2D eigenvalue weighted by Gasteiger charge is 2.23. The molecule has 1 saturated heterocycles. The topological polar surface area (TPSA) is 36.8 Å². The van der Waals surface area contributed by atoms with Gasteiger partial charge in [0.15, 0.2) is 6.54 Å². The highest BCUT2D eigenvalue weighted by atomic mass is 19.1. The van der Waals surface area contributed by atoms with Crippen LogP contribution in [-0.2, 0) is 4.79 Å². The molecule has 1 heterocycles. The van der Waals surface area contributed by atoms with Crippen molar-refractivity contribution in [3.05, 3.63) is 59.9 Å². The van der Waals surface area contributed by atoms with E-state index in [1.165, 1.54) is 16.5 Å². The van der Waals surface area contributed by atoms with Crippen LogP contribution in [0.2, 0.25) is 0 Å². The lowest BCUT2D eigenvalue weighted by Crippen LogP contribution is -3.15. The van der Waals surface area contributed by atoms with Gasteiger partial charge in [-0.15, -0.1) is 0 Å². The predicted octanol–water partition coefficient (Wildman–Crippen LogP) is 2.29. The molecule has 2 aromatic carbocycles.